The van der Waals surface area contributed by atoms with Crippen LogP contribution in [0.5, 0.6) is 5.75 Å². The van der Waals surface area contributed by atoms with Crippen LogP contribution in [0.15, 0.2) is 36.7 Å². The summed E-state index contributed by atoms with van der Waals surface area (Å²) in [5.74, 6) is 0.836. The zero-order valence-electron chi connectivity index (χ0n) is 18.2. The van der Waals surface area contributed by atoms with E-state index in [9.17, 15) is 4.79 Å². The average molecular weight is 434 g/mol. The van der Waals surface area contributed by atoms with Crippen LogP contribution in [-0.2, 0) is 0 Å². The fraction of sp³-hybridized carbons (Fsp3) is 0.455. The topological polar surface area (TPSA) is 60.9 Å². The molecule has 1 aliphatic heterocycles. The molecule has 2 heterocycles. The minimum absolute atomic E-state index is 0. The first-order valence-electron chi connectivity index (χ1n) is 10.1. The van der Waals surface area contributed by atoms with Gasteiger partial charge in [-0.1, -0.05) is 13.0 Å². The number of carbonyl (C=O) groups excluding carboxylic acids is 1. The number of nitrogens with zero attached hydrogens (tertiary/aromatic N) is 4. The fourth-order valence-corrected chi connectivity index (χ4v) is 3.54. The van der Waals surface area contributed by atoms with Crippen LogP contribution >= 0.6 is 12.4 Å². The summed E-state index contributed by atoms with van der Waals surface area (Å²) in [5, 5.41) is 3.46. The number of methoxy groups -OCH3 is 1. The van der Waals surface area contributed by atoms with Gasteiger partial charge in [0.1, 0.15) is 5.75 Å². The number of pyridine rings is 1. The van der Waals surface area contributed by atoms with Crippen LogP contribution < -0.4 is 19.9 Å². The zero-order chi connectivity index (χ0) is 20.8. The smallest absolute Gasteiger partial charge is 0.257 e. The van der Waals surface area contributed by atoms with Gasteiger partial charge in [-0.05, 0) is 18.6 Å². The number of ether oxygens (including phenoxy) is 1. The molecule has 2 aromatic rings. The van der Waals surface area contributed by atoms with Gasteiger partial charge in [-0.3, -0.25) is 9.78 Å². The van der Waals surface area contributed by atoms with Gasteiger partial charge in [-0.2, -0.15) is 0 Å². The molecule has 7 nitrogen and oxygen atoms in total. The highest BCUT2D eigenvalue weighted by atomic mass is 35.5. The van der Waals surface area contributed by atoms with Crippen LogP contribution in [-0.4, -0.2) is 69.7 Å². The number of piperazine rings is 1. The standard InChI is InChI=1S/C22H31N5O2.ClH/c1-5-9-24-21-19(22(28)25(2)3)15-23-16-20(21)27-12-10-26(11-13-27)17-7-6-8-18(14-17)29-4;/h6-8,14-16H,5,9-13H2,1-4H3,(H,23,24);1H. The quantitative estimate of drug-likeness (QED) is 0.722. The van der Waals surface area contributed by atoms with Gasteiger partial charge in [-0.15, -0.1) is 12.4 Å². The van der Waals surface area contributed by atoms with Gasteiger partial charge in [0.25, 0.3) is 5.91 Å². The van der Waals surface area contributed by atoms with E-state index in [1.165, 1.54) is 5.69 Å². The number of aromatic nitrogens is 1. The molecular formula is C22H32ClN5O2. The first-order valence-corrected chi connectivity index (χ1v) is 10.1. The maximum Gasteiger partial charge on any atom is 0.257 e. The number of amides is 1. The molecule has 1 aromatic heterocycles. The number of hydrogen-bond donors (Lipinski definition) is 1. The first kappa shape index (κ1) is 23.6. The van der Waals surface area contributed by atoms with E-state index in [1.54, 1.807) is 32.3 Å². The van der Waals surface area contributed by atoms with E-state index in [2.05, 4.69) is 39.2 Å². The Kier molecular flexibility index (Phi) is 8.59. The largest absolute Gasteiger partial charge is 0.497 e. The SMILES string of the molecule is CCCNc1c(C(=O)N(C)C)cncc1N1CCN(c2cccc(OC)c2)CC1.Cl. The van der Waals surface area contributed by atoms with E-state index in [-0.39, 0.29) is 18.3 Å². The van der Waals surface area contributed by atoms with Crippen molar-refractivity contribution >= 4 is 35.4 Å². The number of hydrogen-bond acceptors (Lipinski definition) is 6. The molecule has 0 bridgehead atoms. The Morgan fingerprint density at radius 1 is 1.17 bits per heavy atom. The molecule has 0 spiro atoms. The van der Waals surface area contributed by atoms with Crippen LogP contribution in [0.4, 0.5) is 17.1 Å². The number of rotatable bonds is 7. The second-order valence-corrected chi connectivity index (χ2v) is 7.38. The molecule has 1 saturated heterocycles. The van der Waals surface area contributed by atoms with Gasteiger partial charge in [0.2, 0.25) is 0 Å². The summed E-state index contributed by atoms with van der Waals surface area (Å²) in [4.78, 5) is 23.3. The van der Waals surface area contributed by atoms with Gasteiger partial charge >= 0.3 is 0 Å². The molecule has 0 saturated carbocycles. The molecule has 164 valence electrons. The highest BCUT2D eigenvalue weighted by molar-refractivity contribution is 6.02. The second-order valence-electron chi connectivity index (χ2n) is 7.38. The van der Waals surface area contributed by atoms with Crippen LogP contribution in [0.25, 0.3) is 0 Å². The lowest BCUT2D eigenvalue weighted by Gasteiger charge is -2.38. The fourth-order valence-electron chi connectivity index (χ4n) is 3.54. The van der Waals surface area contributed by atoms with Crippen molar-refractivity contribution < 1.29 is 9.53 Å². The summed E-state index contributed by atoms with van der Waals surface area (Å²) in [7, 11) is 5.23. The van der Waals surface area contributed by atoms with Crippen LogP contribution in [0.3, 0.4) is 0 Å². The molecule has 3 rings (SSSR count). The lowest BCUT2D eigenvalue weighted by Crippen LogP contribution is -2.47. The molecule has 1 aromatic carbocycles. The molecule has 1 fully saturated rings. The summed E-state index contributed by atoms with van der Waals surface area (Å²) in [6.45, 7) is 6.44. The number of halogens is 1. The minimum Gasteiger partial charge on any atom is -0.497 e. The van der Waals surface area contributed by atoms with E-state index in [1.807, 2.05) is 18.3 Å². The summed E-state index contributed by atoms with van der Waals surface area (Å²) < 4.78 is 5.35. The molecule has 0 atom stereocenters. The van der Waals surface area contributed by atoms with Gasteiger partial charge in [-0.25, -0.2) is 0 Å². The molecular weight excluding hydrogens is 402 g/mol. The van der Waals surface area contributed by atoms with Crippen molar-refractivity contribution in [3.05, 3.63) is 42.2 Å². The van der Waals surface area contributed by atoms with E-state index in [4.69, 9.17) is 4.74 Å². The second kappa shape index (κ2) is 10.9. The molecule has 8 heteroatoms. The van der Waals surface area contributed by atoms with Crippen LogP contribution in [0.2, 0.25) is 0 Å². The molecule has 0 unspecified atom stereocenters. The van der Waals surface area contributed by atoms with Crippen molar-refractivity contribution in [2.45, 2.75) is 13.3 Å². The Morgan fingerprint density at radius 2 is 1.87 bits per heavy atom. The molecule has 0 radical (unpaired) electrons. The Labute approximate surface area is 185 Å². The lowest BCUT2D eigenvalue weighted by atomic mass is 10.1. The molecule has 0 aliphatic carbocycles. The number of nitrogens with one attached hydrogen (secondary N) is 1. The molecule has 1 amide bonds. The third-order valence-corrected chi connectivity index (χ3v) is 5.15. The maximum absolute atomic E-state index is 12.7. The third kappa shape index (κ3) is 5.27. The predicted octanol–water partition coefficient (Wildman–Crippen LogP) is 3.36. The van der Waals surface area contributed by atoms with Crippen LogP contribution in [0.1, 0.15) is 23.7 Å². The third-order valence-electron chi connectivity index (χ3n) is 5.15. The van der Waals surface area contributed by atoms with Gasteiger partial charge in [0.15, 0.2) is 0 Å². The normalized spacial score (nSPS) is 13.5. The van der Waals surface area contributed by atoms with Crippen molar-refractivity contribution in [3.8, 4) is 5.75 Å². The number of carbonyl (C=O) groups is 1. The molecule has 1 N–H and O–H groups in total. The number of benzene rings is 1. The number of anilines is 3. The highest BCUT2D eigenvalue weighted by Crippen LogP contribution is 2.31. The van der Waals surface area contributed by atoms with Gasteiger partial charge in [0.05, 0.1) is 30.2 Å². The Hall–Kier alpha value is -2.67. The van der Waals surface area contributed by atoms with E-state index in [0.29, 0.717) is 5.56 Å². The van der Waals surface area contributed by atoms with Gasteiger partial charge in [0, 0.05) is 64.8 Å². The first-order chi connectivity index (χ1) is 14.0. The summed E-state index contributed by atoms with van der Waals surface area (Å²) in [5.41, 5.74) is 3.67. The maximum atomic E-state index is 12.7. The van der Waals surface area contributed by atoms with Crippen molar-refractivity contribution in [2.24, 2.45) is 0 Å². The summed E-state index contributed by atoms with van der Waals surface area (Å²) in [6, 6.07) is 8.17. The zero-order valence-corrected chi connectivity index (χ0v) is 19.0. The summed E-state index contributed by atoms with van der Waals surface area (Å²) >= 11 is 0. The van der Waals surface area contributed by atoms with Crippen LogP contribution in [0, 0.1) is 0 Å². The molecule has 30 heavy (non-hydrogen) atoms. The Morgan fingerprint density at radius 3 is 2.50 bits per heavy atom. The minimum atomic E-state index is -0.0343. The Balaban J connectivity index is 0.00000320. The van der Waals surface area contributed by atoms with Crippen molar-refractivity contribution in [2.75, 3.05) is 69.0 Å². The van der Waals surface area contributed by atoms with Gasteiger partial charge < -0.3 is 24.8 Å². The van der Waals surface area contributed by atoms with E-state index < -0.39 is 0 Å². The lowest BCUT2D eigenvalue weighted by molar-refractivity contribution is 0.0828. The predicted molar refractivity (Wildman–Crippen MR) is 126 cm³/mol. The Bertz CT molecular complexity index is 838. The van der Waals surface area contributed by atoms with Crippen molar-refractivity contribution in [1.29, 1.82) is 0 Å². The molecule has 1 aliphatic rings. The summed E-state index contributed by atoms with van der Waals surface area (Å²) in [6.07, 6.45) is 4.52. The highest BCUT2D eigenvalue weighted by Gasteiger charge is 2.24. The average Bonchev–Trinajstić information content (AvgIpc) is 2.77. The van der Waals surface area contributed by atoms with Crippen molar-refractivity contribution in [1.82, 2.24) is 9.88 Å². The monoisotopic (exact) mass is 433 g/mol. The van der Waals surface area contributed by atoms with Crippen molar-refractivity contribution in [3.63, 3.8) is 0 Å². The van der Waals surface area contributed by atoms with E-state index >= 15 is 0 Å². The van der Waals surface area contributed by atoms with E-state index in [0.717, 1.165) is 56.3 Å².